The van der Waals surface area contributed by atoms with Crippen LogP contribution >= 0.6 is 0 Å². The smallest absolute Gasteiger partial charge is 0.413 e. The summed E-state index contributed by atoms with van der Waals surface area (Å²) in [5.74, 6) is 0. The van der Waals surface area contributed by atoms with Crippen LogP contribution in [0.2, 0.25) is 0 Å². The van der Waals surface area contributed by atoms with E-state index in [1.54, 1.807) is 0 Å². The predicted molar refractivity (Wildman–Crippen MR) is 26.6 cm³/mol. The van der Waals surface area contributed by atoms with Crippen molar-refractivity contribution >= 4 is 20.0 Å². The molecule has 0 bridgehead atoms. The van der Waals surface area contributed by atoms with Gasteiger partial charge in [-0.05, 0) is 0 Å². The average molecular weight is 134 g/mol. The molecule has 0 aliphatic rings. The van der Waals surface area contributed by atoms with Crippen LogP contribution in [-0.4, -0.2) is 34.2 Å². The maximum Gasteiger partial charge on any atom is 0.565 e. The zero-order valence-corrected chi connectivity index (χ0v) is 6.22. The standard InChI is InChI=1S/C2H6O3Si2/c1-3-7(4-2)5-6/h1-2H3. The van der Waals surface area contributed by atoms with Gasteiger partial charge < -0.3 is 13.0 Å². The lowest BCUT2D eigenvalue weighted by Gasteiger charge is -2.02. The highest BCUT2D eigenvalue weighted by Crippen LogP contribution is 1.80. The Labute approximate surface area is 48.1 Å². The maximum absolute atomic E-state index is 4.66. The molecule has 3 nitrogen and oxygen atoms in total. The molecule has 0 saturated carbocycles. The Morgan fingerprint density at radius 3 is 1.71 bits per heavy atom. The molecule has 40 valence electrons. The van der Waals surface area contributed by atoms with E-state index in [-0.39, 0.29) is 0 Å². The monoisotopic (exact) mass is 134 g/mol. The van der Waals surface area contributed by atoms with E-state index < -0.39 is 9.53 Å². The molecule has 5 heteroatoms. The first-order chi connectivity index (χ1) is 3.35. The molecule has 0 rings (SSSR count). The lowest BCUT2D eigenvalue weighted by Crippen LogP contribution is -2.22. The van der Waals surface area contributed by atoms with Gasteiger partial charge in [-0.3, -0.25) is 0 Å². The molecule has 0 heterocycles. The van der Waals surface area contributed by atoms with Crippen molar-refractivity contribution in [2.75, 3.05) is 14.2 Å². The highest BCUT2D eigenvalue weighted by Gasteiger charge is 2.09. The van der Waals surface area contributed by atoms with E-state index in [0.29, 0.717) is 0 Å². The van der Waals surface area contributed by atoms with Gasteiger partial charge in [0.25, 0.3) is 0 Å². The highest BCUT2D eigenvalue weighted by molar-refractivity contribution is 6.41. The lowest BCUT2D eigenvalue weighted by molar-refractivity contribution is 0.207. The van der Waals surface area contributed by atoms with Crippen molar-refractivity contribution in [3.63, 3.8) is 0 Å². The Bertz CT molecular complexity index is 32.4. The first-order valence-corrected chi connectivity index (χ1v) is 3.27. The van der Waals surface area contributed by atoms with Gasteiger partial charge in [0.15, 0.2) is 0 Å². The van der Waals surface area contributed by atoms with E-state index in [1.807, 2.05) is 0 Å². The minimum atomic E-state index is -1.45. The third kappa shape index (κ3) is 2.95. The van der Waals surface area contributed by atoms with Gasteiger partial charge in [0.05, 0.1) is 0 Å². The van der Waals surface area contributed by atoms with Crippen molar-refractivity contribution in [1.82, 2.24) is 0 Å². The topological polar surface area (TPSA) is 27.7 Å². The van der Waals surface area contributed by atoms with E-state index in [0.717, 1.165) is 0 Å². The molecular formula is C2H6O3Si2. The first kappa shape index (κ1) is 7.31. The fraction of sp³-hybridized carbons (Fsp3) is 1.00. The molecule has 0 amide bonds. The quantitative estimate of drug-likeness (QED) is 0.481. The number of hydrogen-bond acceptors (Lipinski definition) is 3. The van der Waals surface area contributed by atoms with Crippen LogP contribution < -0.4 is 0 Å². The second-order valence-corrected chi connectivity index (χ2v) is 2.89. The van der Waals surface area contributed by atoms with Gasteiger partial charge in [-0.2, -0.15) is 0 Å². The van der Waals surface area contributed by atoms with Crippen molar-refractivity contribution < 1.29 is 13.0 Å². The summed E-state index contributed by atoms with van der Waals surface area (Å²) in [4.78, 5) is 0. The fourth-order valence-corrected chi connectivity index (χ4v) is 1.00. The van der Waals surface area contributed by atoms with Gasteiger partial charge in [0.1, 0.15) is 0 Å². The Kier molecular flexibility index (Phi) is 4.67. The zero-order chi connectivity index (χ0) is 5.70. The molecular weight excluding hydrogens is 128 g/mol. The van der Waals surface area contributed by atoms with Gasteiger partial charge in [0.2, 0.25) is 10.5 Å². The van der Waals surface area contributed by atoms with Gasteiger partial charge in [-0.15, -0.1) is 0 Å². The minimum absolute atomic E-state index is 1.45. The Balaban J connectivity index is 2.99. The molecule has 0 aromatic carbocycles. The van der Waals surface area contributed by atoms with Crippen LogP contribution in [0.1, 0.15) is 0 Å². The molecule has 7 heavy (non-hydrogen) atoms. The second kappa shape index (κ2) is 4.47. The van der Waals surface area contributed by atoms with Crippen molar-refractivity contribution in [2.45, 2.75) is 0 Å². The van der Waals surface area contributed by atoms with Crippen molar-refractivity contribution in [2.24, 2.45) is 0 Å². The summed E-state index contributed by atoms with van der Waals surface area (Å²) >= 11 is 0. The van der Waals surface area contributed by atoms with E-state index >= 15 is 0 Å². The molecule has 0 aromatic rings. The van der Waals surface area contributed by atoms with Crippen LogP contribution in [0.25, 0.3) is 0 Å². The van der Waals surface area contributed by atoms with Crippen LogP contribution in [0, 0.1) is 0 Å². The Morgan fingerprint density at radius 1 is 1.29 bits per heavy atom. The molecule has 4 radical (unpaired) electrons. The van der Waals surface area contributed by atoms with Gasteiger partial charge in [-0.25, -0.2) is 0 Å². The van der Waals surface area contributed by atoms with Gasteiger partial charge in [-0.1, -0.05) is 0 Å². The fourth-order valence-electron chi connectivity index (χ4n) is 0.167. The summed E-state index contributed by atoms with van der Waals surface area (Å²) in [6.07, 6.45) is 0. The Hall–Kier alpha value is 0.314. The molecule has 0 aliphatic carbocycles. The van der Waals surface area contributed by atoms with Gasteiger partial charge >= 0.3 is 9.53 Å². The SMILES string of the molecule is CO[Si](OC)O[Si]. The molecule has 0 N–H and O–H groups in total. The Morgan fingerprint density at radius 2 is 1.71 bits per heavy atom. The summed E-state index contributed by atoms with van der Waals surface area (Å²) in [6.45, 7) is 0. The second-order valence-electron chi connectivity index (χ2n) is 0.760. The summed E-state index contributed by atoms with van der Waals surface area (Å²) in [7, 11) is 4.38. The third-order valence-electron chi connectivity index (χ3n) is 0.417. The van der Waals surface area contributed by atoms with Crippen LogP contribution in [0.5, 0.6) is 0 Å². The third-order valence-corrected chi connectivity index (χ3v) is 1.75. The number of hydrogen-bond donors (Lipinski definition) is 0. The summed E-state index contributed by atoms with van der Waals surface area (Å²) in [5, 5.41) is 0. The van der Waals surface area contributed by atoms with Gasteiger partial charge in [0, 0.05) is 14.2 Å². The van der Waals surface area contributed by atoms with Crippen LogP contribution in [0.15, 0.2) is 0 Å². The summed E-state index contributed by atoms with van der Waals surface area (Å²) in [6, 6.07) is 0. The first-order valence-electron chi connectivity index (χ1n) is 1.63. The summed E-state index contributed by atoms with van der Waals surface area (Å²) < 4.78 is 13.8. The van der Waals surface area contributed by atoms with Crippen molar-refractivity contribution in [1.29, 1.82) is 0 Å². The molecule has 0 fully saturated rings. The molecule has 0 unspecified atom stereocenters. The van der Waals surface area contributed by atoms with E-state index in [1.165, 1.54) is 14.2 Å². The van der Waals surface area contributed by atoms with Crippen LogP contribution in [0.3, 0.4) is 0 Å². The average Bonchev–Trinajstić information content (AvgIpc) is 1.72. The van der Waals surface area contributed by atoms with E-state index in [2.05, 4.69) is 23.5 Å². The van der Waals surface area contributed by atoms with E-state index in [4.69, 9.17) is 0 Å². The molecule has 0 atom stereocenters. The zero-order valence-electron chi connectivity index (χ0n) is 4.22. The van der Waals surface area contributed by atoms with Crippen molar-refractivity contribution in [3.05, 3.63) is 0 Å². The normalized spacial score (nSPS) is 10.3. The van der Waals surface area contributed by atoms with Crippen LogP contribution in [0.4, 0.5) is 0 Å². The van der Waals surface area contributed by atoms with Crippen LogP contribution in [-0.2, 0) is 13.0 Å². The molecule has 0 spiro atoms. The van der Waals surface area contributed by atoms with Crippen molar-refractivity contribution in [3.8, 4) is 0 Å². The molecule has 0 saturated heterocycles. The minimum Gasteiger partial charge on any atom is -0.413 e. The predicted octanol–water partition coefficient (Wildman–Crippen LogP) is -0.636. The summed E-state index contributed by atoms with van der Waals surface area (Å²) in [5.41, 5.74) is 0. The maximum atomic E-state index is 4.66. The molecule has 0 aromatic heterocycles. The lowest BCUT2D eigenvalue weighted by atomic mass is 11.8. The largest absolute Gasteiger partial charge is 0.565 e. The number of rotatable bonds is 3. The van der Waals surface area contributed by atoms with E-state index in [9.17, 15) is 0 Å². The molecule has 0 aliphatic heterocycles. The highest BCUT2D eigenvalue weighted by atomic mass is 28.4.